The molecule has 0 fully saturated rings. The summed E-state index contributed by atoms with van der Waals surface area (Å²) in [5, 5.41) is 0. The van der Waals surface area contributed by atoms with E-state index in [0.717, 1.165) is 31.2 Å². The molecular weight excluding hydrogens is 240 g/mol. The smallest absolute Gasteiger partial charge is 0.306 e. The van der Waals surface area contributed by atoms with Gasteiger partial charge in [0.25, 0.3) is 0 Å². The van der Waals surface area contributed by atoms with Crippen molar-refractivity contribution >= 4 is 11.8 Å². The van der Waals surface area contributed by atoms with Gasteiger partial charge in [0.15, 0.2) is 11.9 Å². The number of unbranched alkanes of at least 4 members (excludes halogenated alkanes) is 3. The Bertz CT molecular complexity index is 398. The molecule has 104 valence electrons. The Labute approximate surface area is 115 Å². The number of carbonyl (C=O) groups is 2. The second-order valence-electron chi connectivity index (χ2n) is 4.70. The molecule has 3 heteroatoms. The second kappa shape index (κ2) is 8.46. The van der Waals surface area contributed by atoms with E-state index in [1.807, 2.05) is 18.2 Å². The topological polar surface area (TPSA) is 43.4 Å². The molecule has 0 aromatic heterocycles. The van der Waals surface area contributed by atoms with Crippen LogP contribution >= 0.6 is 0 Å². The van der Waals surface area contributed by atoms with Crippen molar-refractivity contribution in [2.75, 3.05) is 0 Å². The quantitative estimate of drug-likeness (QED) is 0.528. The van der Waals surface area contributed by atoms with Crippen molar-refractivity contribution in [3.05, 3.63) is 35.9 Å². The van der Waals surface area contributed by atoms with Gasteiger partial charge in [0.2, 0.25) is 0 Å². The highest BCUT2D eigenvalue weighted by molar-refractivity contribution is 5.84. The number of esters is 1. The number of hydrogen-bond acceptors (Lipinski definition) is 3. The fraction of sp³-hybridized carbons (Fsp3) is 0.500. The van der Waals surface area contributed by atoms with E-state index in [9.17, 15) is 9.59 Å². The summed E-state index contributed by atoms with van der Waals surface area (Å²) in [6.07, 6.45) is 3.74. The Hall–Kier alpha value is -1.64. The average molecular weight is 262 g/mol. The van der Waals surface area contributed by atoms with Gasteiger partial charge in [-0.1, -0.05) is 56.5 Å². The summed E-state index contributed by atoms with van der Waals surface area (Å²) in [6, 6.07) is 9.14. The third-order valence-corrected chi connectivity index (χ3v) is 2.96. The van der Waals surface area contributed by atoms with Gasteiger partial charge in [0.05, 0.1) is 0 Å². The number of carbonyl (C=O) groups excluding carboxylic acids is 2. The van der Waals surface area contributed by atoms with Crippen LogP contribution in [0, 0.1) is 0 Å². The van der Waals surface area contributed by atoms with E-state index in [0.29, 0.717) is 6.42 Å². The van der Waals surface area contributed by atoms with Gasteiger partial charge in [-0.2, -0.15) is 0 Å². The van der Waals surface area contributed by atoms with Gasteiger partial charge < -0.3 is 4.74 Å². The molecule has 0 radical (unpaired) electrons. The first-order chi connectivity index (χ1) is 9.15. The Morgan fingerprint density at radius 3 is 2.37 bits per heavy atom. The van der Waals surface area contributed by atoms with Gasteiger partial charge in [0.1, 0.15) is 0 Å². The lowest BCUT2D eigenvalue weighted by Crippen LogP contribution is -2.17. The monoisotopic (exact) mass is 262 g/mol. The molecule has 0 aliphatic heterocycles. The lowest BCUT2D eigenvalue weighted by molar-refractivity contribution is -0.155. The SMILES string of the molecule is CCCCCCC(=O)OC(C(C)=O)c1ccccc1. The Kier molecular flexibility index (Phi) is 6.86. The molecule has 0 amide bonds. The average Bonchev–Trinajstić information content (AvgIpc) is 2.41. The summed E-state index contributed by atoms with van der Waals surface area (Å²) in [7, 11) is 0. The first-order valence-corrected chi connectivity index (χ1v) is 6.90. The van der Waals surface area contributed by atoms with Crippen LogP contribution in [0.5, 0.6) is 0 Å². The van der Waals surface area contributed by atoms with Crippen LogP contribution < -0.4 is 0 Å². The maximum absolute atomic E-state index is 11.7. The minimum Gasteiger partial charge on any atom is -0.449 e. The van der Waals surface area contributed by atoms with Crippen molar-refractivity contribution in [3.8, 4) is 0 Å². The van der Waals surface area contributed by atoms with Crippen molar-refractivity contribution in [3.63, 3.8) is 0 Å². The van der Waals surface area contributed by atoms with Gasteiger partial charge in [-0.3, -0.25) is 9.59 Å². The van der Waals surface area contributed by atoms with E-state index < -0.39 is 6.10 Å². The van der Waals surface area contributed by atoms with Crippen molar-refractivity contribution in [2.24, 2.45) is 0 Å². The number of ketones is 1. The van der Waals surface area contributed by atoms with E-state index >= 15 is 0 Å². The molecule has 1 aromatic rings. The minimum absolute atomic E-state index is 0.145. The van der Waals surface area contributed by atoms with Crippen molar-refractivity contribution in [2.45, 2.75) is 52.1 Å². The standard InChI is InChI=1S/C16H22O3/c1-3-4-5-9-12-15(18)19-16(13(2)17)14-10-7-6-8-11-14/h6-8,10-11,16H,3-5,9,12H2,1-2H3. The van der Waals surface area contributed by atoms with E-state index in [4.69, 9.17) is 4.74 Å². The zero-order valence-corrected chi connectivity index (χ0v) is 11.7. The van der Waals surface area contributed by atoms with Gasteiger partial charge in [-0.05, 0) is 18.9 Å². The van der Waals surface area contributed by atoms with Crippen LogP contribution in [-0.4, -0.2) is 11.8 Å². The normalized spacial score (nSPS) is 11.9. The zero-order chi connectivity index (χ0) is 14.1. The number of ether oxygens (including phenoxy) is 1. The molecule has 1 aromatic carbocycles. The second-order valence-corrected chi connectivity index (χ2v) is 4.70. The summed E-state index contributed by atoms with van der Waals surface area (Å²) >= 11 is 0. The van der Waals surface area contributed by atoms with Crippen LogP contribution in [0.15, 0.2) is 30.3 Å². The molecule has 3 nitrogen and oxygen atoms in total. The fourth-order valence-electron chi connectivity index (χ4n) is 1.90. The Morgan fingerprint density at radius 2 is 1.79 bits per heavy atom. The summed E-state index contributed by atoms with van der Waals surface area (Å²) in [5.41, 5.74) is 0.733. The van der Waals surface area contributed by atoms with Crippen LogP contribution in [0.4, 0.5) is 0 Å². The molecule has 19 heavy (non-hydrogen) atoms. The zero-order valence-electron chi connectivity index (χ0n) is 11.7. The highest BCUT2D eigenvalue weighted by Crippen LogP contribution is 2.19. The lowest BCUT2D eigenvalue weighted by Gasteiger charge is -2.15. The number of benzene rings is 1. The molecule has 0 aliphatic carbocycles. The van der Waals surface area contributed by atoms with E-state index in [1.165, 1.54) is 6.92 Å². The van der Waals surface area contributed by atoms with Crippen LogP contribution in [-0.2, 0) is 14.3 Å². The van der Waals surface area contributed by atoms with E-state index in [-0.39, 0.29) is 11.8 Å². The molecule has 0 heterocycles. The highest BCUT2D eigenvalue weighted by Gasteiger charge is 2.20. The van der Waals surface area contributed by atoms with Crippen molar-refractivity contribution < 1.29 is 14.3 Å². The van der Waals surface area contributed by atoms with Gasteiger partial charge in [-0.25, -0.2) is 0 Å². The third-order valence-electron chi connectivity index (χ3n) is 2.96. The molecule has 0 saturated carbocycles. The van der Waals surface area contributed by atoms with Gasteiger partial charge in [-0.15, -0.1) is 0 Å². The number of hydrogen-bond donors (Lipinski definition) is 0. The third kappa shape index (κ3) is 5.69. The molecule has 0 aliphatic rings. The highest BCUT2D eigenvalue weighted by atomic mass is 16.5. The van der Waals surface area contributed by atoms with Gasteiger partial charge >= 0.3 is 5.97 Å². The number of Topliss-reactive ketones (excluding diaryl/α,β-unsaturated/α-hetero) is 1. The molecule has 0 spiro atoms. The number of rotatable bonds is 8. The predicted molar refractivity (Wildman–Crippen MR) is 74.7 cm³/mol. The summed E-state index contributed by atoms with van der Waals surface area (Å²) in [6.45, 7) is 3.57. The van der Waals surface area contributed by atoms with Crippen LogP contribution in [0.2, 0.25) is 0 Å². The van der Waals surface area contributed by atoms with Crippen molar-refractivity contribution in [1.82, 2.24) is 0 Å². The van der Waals surface area contributed by atoms with E-state index in [1.54, 1.807) is 12.1 Å². The first kappa shape index (κ1) is 15.4. The fourth-order valence-corrected chi connectivity index (χ4v) is 1.90. The molecule has 0 bridgehead atoms. The maximum atomic E-state index is 11.7. The molecule has 1 unspecified atom stereocenters. The van der Waals surface area contributed by atoms with E-state index in [2.05, 4.69) is 6.92 Å². The molecule has 0 N–H and O–H groups in total. The molecular formula is C16H22O3. The maximum Gasteiger partial charge on any atom is 0.306 e. The largest absolute Gasteiger partial charge is 0.449 e. The lowest BCUT2D eigenvalue weighted by atomic mass is 10.1. The van der Waals surface area contributed by atoms with Gasteiger partial charge in [0, 0.05) is 6.42 Å². The molecule has 1 atom stereocenters. The molecule has 1 rings (SSSR count). The predicted octanol–water partition coefficient (Wildman–Crippen LogP) is 3.83. The van der Waals surface area contributed by atoms with Crippen LogP contribution in [0.25, 0.3) is 0 Å². The molecule has 0 saturated heterocycles. The summed E-state index contributed by atoms with van der Waals surface area (Å²) < 4.78 is 5.29. The summed E-state index contributed by atoms with van der Waals surface area (Å²) in [5.74, 6) is -0.437. The first-order valence-electron chi connectivity index (χ1n) is 6.90. The summed E-state index contributed by atoms with van der Waals surface area (Å²) in [4.78, 5) is 23.3. The Morgan fingerprint density at radius 1 is 1.11 bits per heavy atom. The van der Waals surface area contributed by atoms with Crippen LogP contribution in [0.3, 0.4) is 0 Å². The Balaban J connectivity index is 2.51. The van der Waals surface area contributed by atoms with Crippen LogP contribution in [0.1, 0.15) is 57.6 Å². The van der Waals surface area contributed by atoms with Crippen molar-refractivity contribution in [1.29, 1.82) is 0 Å². The minimum atomic E-state index is -0.764.